The van der Waals surface area contributed by atoms with Crippen molar-refractivity contribution in [2.75, 3.05) is 42.2 Å². The Bertz CT molecular complexity index is 1830. The fourth-order valence-corrected chi connectivity index (χ4v) is 5.37. The smallest absolute Gasteiger partial charge is 0.255 e. The predicted molar refractivity (Wildman–Crippen MR) is 175 cm³/mol. The standard InChI is InChI=1S/C34H36N8O3/c1-4-40(3)26-14-10-23(11-15-26)33(44)37-29-7-5-6-28(22(29)2)30-38-31(32-35-18-21-42(32)39-30)36-25-12-8-24(9-13-25)34(45)41-19-16-27(43)17-20-41/h5-15,18,21,27,43H,4,16-17,19-20H2,1-3H3,(H,37,44)(H,36,38,39). The molecule has 3 N–H and O–H groups in total. The molecule has 11 heteroatoms. The van der Waals surface area contributed by atoms with Gasteiger partial charge in [0.15, 0.2) is 17.3 Å². The monoisotopic (exact) mass is 604 g/mol. The van der Waals surface area contributed by atoms with E-state index < -0.39 is 0 Å². The Labute approximate surface area is 261 Å². The SMILES string of the molecule is CCN(C)c1ccc(C(=O)Nc2cccc(-c3nc(Nc4ccc(C(=O)N5CCC(O)CC5)cc4)c4nccn4n3)c2C)cc1. The van der Waals surface area contributed by atoms with E-state index in [1.54, 1.807) is 33.9 Å². The zero-order valence-electron chi connectivity index (χ0n) is 25.6. The van der Waals surface area contributed by atoms with Gasteiger partial charge in [0.05, 0.1) is 6.10 Å². The van der Waals surface area contributed by atoms with E-state index in [2.05, 4.69) is 27.4 Å². The van der Waals surface area contributed by atoms with Gasteiger partial charge in [0, 0.05) is 72.8 Å². The summed E-state index contributed by atoms with van der Waals surface area (Å²) in [7, 11) is 2.01. The van der Waals surface area contributed by atoms with Crippen molar-refractivity contribution in [2.24, 2.45) is 0 Å². The van der Waals surface area contributed by atoms with Crippen molar-refractivity contribution in [1.29, 1.82) is 0 Å². The molecule has 6 rings (SSSR count). The highest BCUT2D eigenvalue weighted by atomic mass is 16.3. The molecule has 1 aliphatic rings. The molecule has 2 amide bonds. The third-order valence-corrected chi connectivity index (χ3v) is 8.27. The summed E-state index contributed by atoms with van der Waals surface area (Å²) in [5.74, 6) is 0.716. The predicted octanol–water partition coefficient (Wildman–Crippen LogP) is 5.15. The number of imidazole rings is 1. The number of anilines is 4. The molecule has 0 unspecified atom stereocenters. The second kappa shape index (κ2) is 12.7. The molecule has 11 nitrogen and oxygen atoms in total. The van der Waals surface area contributed by atoms with Gasteiger partial charge in [0.25, 0.3) is 11.8 Å². The highest BCUT2D eigenvalue weighted by molar-refractivity contribution is 6.05. The summed E-state index contributed by atoms with van der Waals surface area (Å²) in [5, 5.41) is 20.8. The van der Waals surface area contributed by atoms with Crippen LogP contribution in [-0.4, -0.2) is 74.2 Å². The van der Waals surface area contributed by atoms with E-state index in [4.69, 9.17) is 10.1 Å². The van der Waals surface area contributed by atoms with Crippen molar-refractivity contribution in [1.82, 2.24) is 24.5 Å². The van der Waals surface area contributed by atoms with Gasteiger partial charge in [-0.2, -0.15) is 0 Å². The number of hydrogen-bond acceptors (Lipinski definition) is 8. The number of benzene rings is 3. The van der Waals surface area contributed by atoms with Crippen LogP contribution in [0.2, 0.25) is 0 Å². The molecule has 0 aliphatic carbocycles. The lowest BCUT2D eigenvalue weighted by Gasteiger charge is -2.29. The number of aliphatic hydroxyl groups excluding tert-OH is 1. The first kappa shape index (κ1) is 29.8. The average molecular weight is 605 g/mol. The van der Waals surface area contributed by atoms with E-state index in [0.29, 0.717) is 60.0 Å². The molecule has 0 atom stereocenters. The van der Waals surface area contributed by atoms with Gasteiger partial charge in [-0.05, 0) is 86.8 Å². The van der Waals surface area contributed by atoms with Gasteiger partial charge < -0.3 is 25.5 Å². The molecule has 1 saturated heterocycles. The van der Waals surface area contributed by atoms with E-state index >= 15 is 0 Å². The number of hydrogen-bond donors (Lipinski definition) is 3. The Kier molecular flexibility index (Phi) is 8.43. The maximum absolute atomic E-state index is 13.1. The molecule has 3 heterocycles. The summed E-state index contributed by atoms with van der Waals surface area (Å²) in [6.07, 6.45) is 4.27. The molecule has 0 spiro atoms. The molecule has 45 heavy (non-hydrogen) atoms. The van der Waals surface area contributed by atoms with E-state index in [1.807, 2.05) is 68.6 Å². The van der Waals surface area contributed by atoms with Gasteiger partial charge in [-0.1, -0.05) is 12.1 Å². The summed E-state index contributed by atoms with van der Waals surface area (Å²) in [4.78, 5) is 39.2. The minimum atomic E-state index is -0.334. The second-order valence-corrected chi connectivity index (χ2v) is 11.2. The van der Waals surface area contributed by atoms with E-state index in [1.165, 1.54) is 0 Å². The number of carbonyl (C=O) groups is 2. The average Bonchev–Trinajstić information content (AvgIpc) is 3.55. The molecule has 0 bridgehead atoms. The van der Waals surface area contributed by atoms with Gasteiger partial charge in [-0.3, -0.25) is 9.59 Å². The number of nitrogens with zero attached hydrogens (tertiary/aromatic N) is 6. The Morgan fingerprint density at radius 3 is 2.42 bits per heavy atom. The van der Waals surface area contributed by atoms with Crippen LogP contribution in [0.3, 0.4) is 0 Å². The summed E-state index contributed by atoms with van der Waals surface area (Å²) in [6, 6.07) is 20.4. The number of aliphatic hydroxyl groups is 1. The molecule has 2 aromatic heterocycles. The summed E-state index contributed by atoms with van der Waals surface area (Å²) in [5.41, 5.74) is 5.74. The van der Waals surface area contributed by atoms with Crippen LogP contribution in [0.5, 0.6) is 0 Å². The van der Waals surface area contributed by atoms with Crippen molar-refractivity contribution >= 4 is 40.3 Å². The van der Waals surface area contributed by atoms with Crippen LogP contribution in [0.4, 0.5) is 22.9 Å². The van der Waals surface area contributed by atoms with E-state index in [0.717, 1.165) is 29.0 Å². The number of rotatable bonds is 8. The fourth-order valence-electron chi connectivity index (χ4n) is 5.37. The van der Waals surface area contributed by atoms with Crippen molar-refractivity contribution in [2.45, 2.75) is 32.8 Å². The summed E-state index contributed by atoms with van der Waals surface area (Å²) < 4.78 is 1.66. The quantitative estimate of drug-likeness (QED) is 0.222. The maximum atomic E-state index is 13.1. The lowest BCUT2D eigenvalue weighted by Crippen LogP contribution is -2.40. The molecule has 1 fully saturated rings. The van der Waals surface area contributed by atoms with Gasteiger partial charge in [-0.15, -0.1) is 5.10 Å². The molecule has 1 aliphatic heterocycles. The normalized spacial score (nSPS) is 13.6. The lowest BCUT2D eigenvalue weighted by molar-refractivity contribution is 0.0546. The molecule has 230 valence electrons. The number of aromatic nitrogens is 4. The largest absolute Gasteiger partial charge is 0.393 e. The van der Waals surface area contributed by atoms with Crippen LogP contribution >= 0.6 is 0 Å². The van der Waals surface area contributed by atoms with Crippen LogP contribution in [0, 0.1) is 6.92 Å². The first-order valence-electron chi connectivity index (χ1n) is 15.1. The van der Waals surface area contributed by atoms with Gasteiger partial charge in [-0.25, -0.2) is 14.5 Å². The zero-order chi connectivity index (χ0) is 31.5. The molecule has 5 aromatic rings. The topological polar surface area (TPSA) is 128 Å². The second-order valence-electron chi connectivity index (χ2n) is 11.2. The number of likely N-dealkylation sites (tertiary alicyclic amines) is 1. The van der Waals surface area contributed by atoms with Gasteiger partial charge >= 0.3 is 0 Å². The summed E-state index contributed by atoms with van der Waals surface area (Å²) in [6.45, 7) is 5.99. The molecular weight excluding hydrogens is 568 g/mol. The van der Waals surface area contributed by atoms with Crippen LogP contribution < -0.4 is 15.5 Å². The van der Waals surface area contributed by atoms with Gasteiger partial charge in [0.2, 0.25) is 0 Å². The number of nitrogens with one attached hydrogen (secondary N) is 2. The third-order valence-electron chi connectivity index (χ3n) is 8.27. The summed E-state index contributed by atoms with van der Waals surface area (Å²) >= 11 is 0. The van der Waals surface area contributed by atoms with Crippen molar-refractivity contribution in [3.8, 4) is 11.4 Å². The number of piperidine rings is 1. The Balaban J connectivity index is 1.22. The maximum Gasteiger partial charge on any atom is 0.255 e. The highest BCUT2D eigenvalue weighted by Gasteiger charge is 2.22. The van der Waals surface area contributed by atoms with E-state index in [9.17, 15) is 14.7 Å². The molecule has 3 aromatic carbocycles. The Hall–Kier alpha value is -5.29. The minimum Gasteiger partial charge on any atom is -0.393 e. The Morgan fingerprint density at radius 1 is 1.00 bits per heavy atom. The van der Waals surface area contributed by atoms with Crippen LogP contribution in [0.25, 0.3) is 17.0 Å². The minimum absolute atomic E-state index is 0.0445. The highest BCUT2D eigenvalue weighted by Crippen LogP contribution is 2.29. The first-order valence-corrected chi connectivity index (χ1v) is 15.1. The van der Waals surface area contributed by atoms with Crippen LogP contribution in [0.15, 0.2) is 79.1 Å². The number of amides is 2. The zero-order valence-corrected chi connectivity index (χ0v) is 25.6. The lowest BCUT2D eigenvalue weighted by atomic mass is 10.1. The third kappa shape index (κ3) is 6.34. The Morgan fingerprint density at radius 2 is 1.71 bits per heavy atom. The molecule has 0 radical (unpaired) electrons. The number of carbonyl (C=O) groups excluding carboxylic acids is 2. The van der Waals surface area contributed by atoms with Crippen molar-refractivity contribution in [3.05, 3.63) is 95.8 Å². The van der Waals surface area contributed by atoms with Gasteiger partial charge in [0.1, 0.15) is 0 Å². The van der Waals surface area contributed by atoms with Crippen molar-refractivity contribution < 1.29 is 14.7 Å². The van der Waals surface area contributed by atoms with Crippen molar-refractivity contribution in [3.63, 3.8) is 0 Å². The van der Waals surface area contributed by atoms with E-state index in [-0.39, 0.29) is 17.9 Å². The molecular formula is C34H36N8O3. The number of fused-ring (bicyclic) bond motifs is 1. The first-order chi connectivity index (χ1) is 21.8. The van der Waals surface area contributed by atoms with Crippen LogP contribution in [0.1, 0.15) is 46.0 Å². The van der Waals surface area contributed by atoms with Crippen LogP contribution in [-0.2, 0) is 0 Å². The fraction of sp³-hybridized carbons (Fsp3) is 0.265. The molecule has 0 saturated carbocycles.